The molecular weight excluding hydrogens is 1000 g/mol. The number of aliphatic hydroxyl groups is 1. The number of carbonyl (C=O) groups is 11. The first-order valence-corrected chi connectivity index (χ1v) is 26.6. The standard InChI is InChI=1S/C47H84N14O13S/c1-23(2)20-31(57-39(66)28(48)16-19-75-9)45(72)61-18-11-13-34(61)43(70)59-33(22-62)42(69)53-26(7)37(64)56-30(14-15-35(49)63)41(68)60-36(25(5)6)44(71)54-27(8)38(65)55-29(12-10-17-52-47(50)51)40(67)58-32(46(73)74)21-24(3)4/h23-34,36,62H,10-22,48H2,1-9H3,(H2,49,63)(H,53,69)(H,54,71)(H,55,65)(H,56,64)(H,57,66)(H,58,67)(H,59,70)(H,60,68)(H,73,74)(H4,50,51,52)/t26-,27-,28-,29-,30-,31-,32-,33-,34-,36-/m0/s1. The van der Waals surface area contributed by atoms with E-state index in [9.17, 15) is 63.0 Å². The van der Waals surface area contributed by atoms with E-state index in [1.807, 2.05) is 20.1 Å². The molecule has 10 atom stereocenters. The molecule has 28 heteroatoms. The molecule has 1 saturated heterocycles. The highest BCUT2D eigenvalue weighted by Gasteiger charge is 2.40. The van der Waals surface area contributed by atoms with E-state index in [1.165, 1.54) is 30.5 Å². The number of rotatable bonds is 34. The van der Waals surface area contributed by atoms with Crippen molar-refractivity contribution in [2.24, 2.45) is 45.7 Å². The third-order valence-corrected chi connectivity index (χ3v) is 12.6. The van der Waals surface area contributed by atoms with Gasteiger partial charge in [-0.15, -0.1) is 0 Å². The van der Waals surface area contributed by atoms with E-state index in [2.05, 4.69) is 47.5 Å². The van der Waals surface area contributed by atoms with Crippen molar-refractivity contribution in [2.75, 3.05) is 31.7 Å². The largest absolute Gasteiger partial charge is 0.480 e. The van der Waals surface area contributed by atoms with Gasteiger partial charge in [0.2, 0.25) is 59.1 Å². The van der Waals surface area contributed by atoms with Crippen LogP contribution in [0.4, 0.5) is 0 Å². The number of carbonyl (C=O) groups excluding carboxylic acids is 10. The first kappa shape index (κ1) is 66.7. The maximum absolute atomic E-state index is 13.8. The Morgan fingerprint density at radius 3 is 1.64 bits per heavy atom. The van der Waals surface area contributed by atoms with Gasteiger partial charge in [0.25, 0.3) is 0 Å². The van der Waals surface area contributed by atoms with Crippen molar-refractivity contribution in [3.05, 3.63) is 0 Å². The van der Waals surface area contributed by atoms with Crippen LogP contribution in [0.25, 0.3) is 0 Å². The van der Waals surface area contributed by atoms with Gasteiger partial charge in [0.05, 0.1) is 12.6 Å². The van der Waals surface area contributed by atoms with Crippen LogP contribution < -0.4 is 65.5 Å². The second-order valence-electron chi connectivity index (χ2n) is 19.8. The number of primary amides is 1. The van der Waals surface area contributed by atoms with Crippen molar-refractivity contribution in [3.8, 4) is 0 Å². The highest BCUT2D eigenvalue weighted by molar-refractivity contribution is 7.98. The summed E-state index contributed by atoms with van der Waals surface area (Å²) < 4.78 is 0. The van der Waals surface area contributed by atoms with Crippen LogP contribution in [0.15, 0.2) is 4.99 Å². The van der Waals surface area contributed by atoms with Crippen LogP contribution >= 0.6 is 11.8 Å². The molecule has 426 valence electrons. The molecule has 0 bridgehead atoms. The maximum Gasteiger partial charge on any atom is 0.326 e. The smallest absolute Gasteiger partial charge is 0.326 e. The molecule has 1 aliphatic heterocycles. The number of amides is 10. The van der Waals surface area contributed by atoms with Crippen LogP contribution in [0, 0.1) is 17.8 Å². The van der Waals surface area contributed by atoms with Gasteiger partial charge in [0.1, 0.15) is 54.4 Å². The molecule has 0 saturated carbocycles. The average Bonchev–Trinajstić information content (AvgIpc) is 3.82. The molecular formula is C47H84N14O13S. The lowest BCUT2D eigenvalue weighted by Gasteiger charge is -2.31. The lowest BCUT2D eigenvalue weighted by Crippen LogP contribution is -2.61. The number of aliphatic imine (C=N–C) groups is 1. The highest BCUT2D eigenvalue weighted by atomic mass is 32.2. The van der Waals surface area contributed by atoms with E-state index in [1.54, 1.807) is 27.7 Å². The Bertz CT molecular complexity index is 2010. The van der Waals surface area contributed by atoms with E-state index in [0.29, 0.717) is 18.6 Å². The van der Waals surface area contributed by atoms with Crippen LogP contribution in [-0.4, -0.2) is 178 Å². The molecule has 1 fully saturated rings. The van der Waals surface area contributed by atoms with Crippen molar-refractivity contribution in [3.63, 3.8) is 0 Å². The molecule has 75 heavy (non-hydrogen) atoms. The zero-order valence-electron chi connectivity index (χ0n) is 44.7. The van der Waals surface area contributed by atoms with E-state index in [4.69, 9.17) is 22.9 Å². The minimum Gasteiger partial charge on any atom is -0.480 e. The summed E-state index contributed by atoms with van der Waals surface area (Å²) in [6, 6.07) is -12.6. The Balaban J connectivity index is 3.14. The monoisotopic (exact) mass is 1080 g/mol. The summed E-state index contributed by atoms with van der Waals surface area (Å²) in [6.07, 6.45) is 2.70. The molecule has 18 N–H and O–H groups in total. The zero-order chi connectivity index (χ0) is 57.3. The van der Waals surface area contributed by atoms with Crippen molar-refractivity contribution in [1.29, 1.82) is 0 Å². The van der Waals surface area contributed by atoms with Gasteiger partial charge in [-0.3, -0.25) is 52.9 Å². The van der Waals surface area contributed by atoms with Gasteiger partial charge in [0, 0.05) is 19.5 Å². The Kier molecular flexibility index (Phi) is 29.9. The van der Waals surface area contributed by atoms with E-state index in [0.717, 1.165) is 0 Å². The minimum absolute atomic E-state index is 0.0194. The van der Waals surface area contributed by atoms with Gasteiger partial charge < -0.3 is 80.6 Å². The highest BCUT2D eigenvalue weighted by Crippen LogP contribution is 2.21. The topological polar surface area (TPSA) is 444 Å². The predicted octanol–water partition coefficient (Wildman–Crippen LogP) is -3.88. The molecule has 0 spiro atoms. The number of nitrogens with one attached hydrogen (secondary N) is 8. The number of carboxylic acids is 1. The number of hydrogen-bond acceptors (Lipinski definition) is 15. The molecule has 0 aromatic carbocycles. The molecule has 1 heterocycles. The summed E-state index contributed by atoms with van der Waals surface area (Å²) in [5, 5.41) is 39.8. The molecule has 0 aromatic rings. The van der Waals surface area contributed by atoms with Crippen LogP contribution in [0.3, 0.4) is 0 Å². The number of nitrogens with two attached hydrogens (primary N) is 4. The molecule has 0 aromatic heterocycles. The van der Waals surface area contributed by atoms with Crippen LogP contribution in [0.2, 0.25) is 0 Å². The fourth-order valence-corrected chi connectivity index (χ4v) is 8.23. The zero-order valence-corrected chi connectivity index (χ0v) is 45.5. The number of aliphatic hydroxyl groups excluding tert-OH is 1. The molecule has 10 amide bonds. The second-order valence-corrected chi connectivity index (χ2v) is 20.8. The summed E-state index contributed by atoms with van der Waals surface area (Å²) in [5.74, 6) is -9.63. The molecule has 0 aliphatic carbocycles. The molecule has 0 unspecified atom stereocenters. The summed E-state index contributed by atoms with van der Waals surface area (Å²) >= 11 is 1.52. The number of hydrogen-bond donors (Lipinski definition) is 14. The Hall–Kier alpha value is -6.29. The summed E-state index contributed by atoms with van der Waals surface area (Å²) in [5.41, 5.74) is 22.2. The van der Waals surface area contributed by atoms with Crippen molar-refractivity contribution in [1.82, 2.24) is 47.4 Å². The third kappa shape index (κ3) is 24.3. The number of aliphatic carboxylic acids is 1. The molecule has 1 rings (SSSR count). The second kappa shape index (κ2) is 33.6. The van der Waals surface area contributed by atoms with Crippen molar-refractivity contribution in [2.45, 2.75) is 174 Å². The van der Waals surface area contributed by atoms with Gasteiger partial charge in [-0.2, -0.15) is 11.8 Å². The molecule has 0 radical (unpaired) electrons. The summed E-state index contributed by atoms with van der Waals surface area (Å²) in [4.78, 5) is 150. The van der Waals surface area contributed by atoms with E-state index >= 15 is 0 Å². The average molecular weight is 1090 g/mol. The maximum atomic E-state index is 13.8. The summed E-state index contributed by atoms with van der Waals surface area (Å²) in [7, 11) is 0. The number of guanidine groups is 1. The minimum atomic E-state index is -1.60. The van der Waals surface area contributed by atoms with Crippen molar-refractivity contribution < 1.29 is 63.0 Å². The van der Waals surface area contributed by atoms with Gasteiger partial charge >= 0.3 is 5.97 Å². The first-order chi connectivity index (χ1) is 35.0. The first-order valence-electron chi connectivity index (χ1n) is 25.2. The van der Waals surface area contributed by atoms with Crippen LogP contribution in [0.5, 0.6) is 0 Å². The van der Waals surface area contributed by atoms with E-state index < -0.39 is 144 Å². The lowest BCUT2D eigenvalue weighted by molar-refractivity contribution is -0.143. The number of thioether (sulfide) groups is 1. The Morgan fingerprint density at radius 1 is 0.627 bits per heavy atom. The van der Waals surface area contributed by atoms with E-state index in [-0.39, 0.29) is 69.4 Å². The van der Waals surface area contributed by atoms with Crippen LogP contribution in [0.1, 0.15) is 113 Å². The van der Waals surface area contributed by atoms with Gasteiger partial charge in [0.15, 0.2) is 5.96 Å². The van der Waals surface area contributed by atoms with Gasteiger partial charge in [-0.1, -0.05) is 41.5 Å². The lowest BCUT2D eigenvalue weighted by atomic mass is 10.0. The predicted molar refractivity (Wildman–Crippen MR) is 279 cm³/mol. The molecule has 27 nitrogen and oxygen atoms in total. The quantitative estimate of drug-likeness (QED) is 0.0166. The van der Waals surface area contributed by atoms with Crippen LogP contribution in [-0.2, 0) is 52.7 Å². The Labute approximate surface area is 442 Å². The summed E-state index contributed by atoms with van der Waals surface area (Å²) in [6.45, 7) is 12.3. The SMILES string of the molecule is CSCC[C@H](N)C(=O)N[C@@H](CC(C)C)C(=O)N1CCC[C@H]1C(=O)N[C@@H](CO)C(=O)N[C@@H](C)C(=O)N[C@@H](CCC(N)=O)C(=O)N[C@H](C(=O)N[C@@H](C)C(=O)N[C@@H](CCCN=C(N)N)C(=O)N[C@@H](CC(C)C)C(=O)O)C(C)C. The number of nitrogens with zero attached hydrogens (tertiary/aromatic N) is 2. The van der Waals surface area contributed by atoms with Gasteiger partial charge in [-0.05, 0) is 95.0 Å². The normalized spacial score (nSPS) is 16.9. The molecule has 1 aliphatic rings. The van der Waals surface area contributed by atoms with Gasteiger partial charge in [-0.25, -0.2) is 4.79 Å². The number of carboxylic acid groups (broad SMARTS) is 1. The fourth-order valence-electron chi connectivity index (χ4n) is 7.74. The fraction of sp³-hybridized carbons (Fsp3) is 0.745. The third-order valence-electron chi connectivity index (χ3n) is 11.9. The number of likely N-dealkylation sites (tertiary alicyclic amines) is 1. The van der Waals surface area contributed by atoms with Crippen molar-refractivity contribution >= 4 is 82.8 Å². The Morgan fingerprint density at radius 2 is 1.13 bits per heavy atom.